The molecule has 8 heteroatoms. The third-order valence-corrected chi connectivity index (χ3v) is 6.60. The van der Waals surface area contributed by atoms with E-state index in [-0.39, 0.29) is 5.91 Å². The number of amides is 1. The summed E-state index contributed by atoms with van der Waals surface area (Å²) >= 11 is 0. The van der Waals surface area contributed by atoms with Crippen LogP contribution in [0.25, 0.3) is 10.8 Å². The summed E-state index contributed by atoms with van der Waals surface area (Å²) in [5.74, 6) is 0.861. The molecule has 3 aromatic carbocycles. The second-order valence-corrected chi connectivity index (χ2v) is 8.68. The molecule has 8 nitrogen and oxygen atoms in total. The zero-order valence-corrected chi connectivity index (χ0v) is 20.8. The van der Waals surface area contributed by atoms with Crippen molar-refractivity contribution in [3.05, 3.63) is 90.1 Å². The Balaban J connectivity index is 1.39. The number of rotatable bonds is 6. The number of carbonyl (C=O) groups excluding carboxylic acids is 2. The molecule has 1 amide bonds. The lowest BCUT2D eigenvalue weighted by Crippen LogP contribution is -2.47. The van der Waals surface area contributed by atoms with Crippen LogP contribution >= 0.6 is 0 Å². The van der Waals surface area contributed by atoms with Gasteiger partial charge in [-0.05, 0) is 29.7 Å². The average Bonchev–Trinajstić information content (AvgIpc) is 2.96. The molecule has 188 valence electrons. The smallest absolute Gasteiger partial charge is 0.339 e. The number of aromatic nitrogens is 1. The van der Waals surface area contributed by atoms with Gasteiger partial charge in [0.25, 0.3) is 5.91 Å². The average molecular weight is 497 g/mol. The van der Waals surface area contributed by atoms with Crippen LogP contribution in [0.2, 0.25) is 0 Å². The maximum atomic E-state index is 13.3. The van der Waals surface area contributed by atoms with Crippen LogP contribution in [0.15, 0.2) is 79.0 Å². The molecule has 4 aromatic rings. The number of para-hydroxylation sites is 3. The summed E-state index contributed by atoms with van der Waals surface area (Å²) in [6.07, 6.45) is 1.61. The fourth-order valence-electron chi connectivity index (χ4n) is 4.73. The van der Waals surface area contributed by atoms with E-state index in [1.54, 1.807) is 37.6 Å². The van der Waals surface area contributed by atoms with Gasteiger partial charge in [-0.2, -0.15) is 0 Å². The van der Waals surface area contributed by atoms with Gasteiger partial charge >= 0.3 is 5.97 Å². The molecule has 0 unspecified atom stereocenters. The van der Waals surface area contributed by atoms with Crippen LogP contribution in [0.3, 0.4) is 0 Å². The van der Waals surface area contributed by atoms with E-state index in [0.717, 1.165) is 54.2 Å². The lowest BCUT2D eigenvalue weighted by atomic mass is 10.0. The predicted octanol–water partition coefficient (Wildman–Crippen LogP) is 4.61. The first kappa shape index (κ1) is 24.1. The van der Waals surface area contributed by atoms with Gasteiger partial charge in [-0.25, -0.2) is 9.78 Å². The number of esters is 1. The summed E-state index contributed by atoms with van der Waals surface area (Å²) in [6.45, 7) is 3.21. The van der Waals surface area contributed by atoms with E-state index < -0.39 is 5.97 Å². The molecule has 0 aliphatic carbocycles. The maximum absolute atomic E-state index is 13.3. The monoisotopic (exact) mass is 496 g/mol. The first-order valence-corrected chi connectivity index (χ1v) is 12.1. The van der Waals surface area contributed by atoms with Crippen molar-refractivity contribution in [2.24, 2.45) is 0 Å². The Labute approximate surface area is 215 Å². The van der Waals surface area contributed by atoms with Gasteiger partial charge in [-0.15, -0.1) is 0 Å². The van der Waals surface area contributed by atoms with E-state index in [1.165, 1.54) is 7.11 Å². The summed E-state index contributed by atoms with van der Waals surface area (Å²) in [5.41, 5.74) is 2.20. The highest BCUT2D eigenvalue weighted by Gasteiger charge is 2.23. The topological polar surface area (TPSA) is 84.0 Å². The number of benzene rings is 3. The van der Waals surface area contributed by atoms with Gasteiger partial charge < -0.3 is 24.6 Å². The largest absolute Gasteiger partial charge is 0.495 e. The van der Waals surface area contributed by atoms with Gasteiger partial charge in [-0.1, -0.05) is 48.5 Å². The van der Waals surface area contributed by atoms with Crippen LogP contribution in [0, 0.1) is 0 Å². The zero-order valence-electron chi connectivity index (χ0n) is 20.8. The Morgan fingerprint density at radius 3 is 2.19 bits per heavy atom. The van der Waals surface area contributed by atoms with Gasteiger partial charge in [0.05, 0.1) is 36.7 Å². The van der Waals surface area contributed by atoms with Crippen molar-refractivity contribution in [2.75, 3.05) is 55.5 Å². The van der Waals surface area contributed by atoms with E-state index in [2.05, 4.69) is 21.2 Å². The molecule has 1 aromatic heterocycles. The molecule has 1 aliphatic heterocycles. The molecule has 0 radical (unpaired) electrons. The lowest BCUT2D eigenvalue weighted by Gasteiger charge is -2.37. The van der Waals surface area contributed by atoms with Crippen LogP contribution in [0.5, 0.6) is 5.75 Å². The number of piperazine rings is 1. The molecule has 1 fully saturated rings. The molecule has 1 aliphatic rings. The van der Waals surface area contributed by atoms with Gasteiger partial charge in [0.15, 0.2) is 0 Å². The number of carbonyl (C=O) groups is 2. The fourth-order valence-corrected chi connectivity index (χ4v) is 4.73. The second-order valence-electron chi connectivity index (χ2n) is 8.68. The quantitative estimate of drug-likeness (QED) is 0.390. The standard InChI is InChI=1S/C29H28N4O4/c1-36-26-14-8-7-13-25(26)32-15-17-33(18-16-32)27-21-10-4-3-9-20(21)23(19-30-27)28(34)31-24-12-6-5-11-22(24)29(35)37-2/h3-14,19H,15-18H2,1-2H3,(H,31,34). The number of hydrogen-bond acceptors (Lipinski definition) is 7. The van der Waals surface area contributed by atoms with Crippen molar-refractivity contribution in [1.82, 2.24) is 4.98 Å². The van der Waals surface area contributed by atoms with Crippen LogP contribution < -0.4 is 19.9 Å². The van der Waals surface area contributed by atoms with Crippen molar-refractivity contribution < 1.29 is 19.1 Å². The number of pyridine rings is 1. The Kier molecular flexibility index (Phi) is 6.89. The van der Waals surface area contributed by atoms with Crippen molar-refractivity contribution in [2.45, 2.75) is 0 Å². The van der Waals surface area contributed by atoms with E-state index in [0.29, 0.717) is 16.8 Å². The molecule has 0 spiro atoms. The zero-order chi connectivity index (χ0) is 25.8. The molecule has 37 heavy (non-hydrogen) atoms. The molecule has 5 rings (SSSR count). The van der Waals surface area contributed by atoms with Crippen LogP contribution in [-0.2, 0) is 4.74 Å². The number of ether oxygens (including phenoxy) is 2. The van der Waals surface area contributed by atoms with Gasteiger partial charge in [0, 0.05) is 37.8 Å². The predicted molar refractivity (Wildman–Crippen MR) is 145 cm³/mol. The summed E-state index contributed by atoms with van der Waals surface area (Å²) < 4.78 is 10.4. The van der Waals surface area contributed by atoms with E-state index >= 15 is 0 Å². The highest BCUT2D eigenvalue weighted by molar-refractivity contribution is 6.15. The Morgan fingerprint density at radius 1 is 0.784 bits per heavy atom. The summed E-state index contributed by atoms with van der Waals surface area (Å²) in [6, 6.07) is 22.6. The van der Waals surface area contributed by atoms with Gasteiger partial charge in [-0.3, -0.25) is 4.79 Å². The number of hydrogen-bond donors (Lipinski definition) is 1. The second kappa shape index (κ2) is 10.6. The molecule has 0 bridgehead atoms. The molecular formula is C29H28N4O4. The summed E-state index contributed by atoms with van der Waals surface area (Å²) in [4.78, 5) is 34.7. The lowest BCUT2D eigenvalue weighted by molar-refractivity contribution is 0.0602. The van der Waals surface area contributed by atoms with E-state index in [1.807, 2.05) is 42.5 Å². The third-order valence-electron chi connectivity index (χ3n) is 6.60. The first-order chi connectivity index (χ1) is 18.1. The minimum atomic E-state index is -0.513. The van der Waals surface area contributed by atoms with Crippen LogP contribution in [-0.4, -0.2) is 57.3 Å². The Morgan fingerprint density at radius 2 is 1.43 bits per heavy atom. The fraction of sp³-hybridized carbons (Fsp3) is 0.207. The van der Waals surface area contributed by atoms with Crippen molar-refractivity contribution in [3.8, 4) is 5.75 Å². The van der Waals surface area contributed by atoms with Crippen molar-refractivity contribution in [1.29, 1.82) is 0 Å². The minimum absolute atomic E-state index is 0.292. The van der Waals surface area contributed by atoms with E-state index in [9.17, 15) is 9.59 Å². The highest BCUT2D eigenvalue weighted by Crippen LogP contribution is 2.32. The van der Waals surface area contributed by atoms with Crippen molar-refractivity contribution in [3.63, 3.8) is 0 Å². The minimum Gasteiger partial charge on any atom is -0.495 e. The molecule has 2 heterocycles. The third kappa shape index (κ3) is 4.78. The molecule has 1 saturated heterocycles. The maximum Gasteiger partial charge on any atom is 0.339 e. The first-order valence-electron chi connectivity index (χ1n) is 12.1. The molecule has 0 saturated carbocycles. The van der Waals surface area contributed by atoms with Crippen LogP contribution in [0.4, 0.5) is 17.2 Å². The summed E-state index contributed by atoms with van der Waals surface area (Å²) in [7, 11) is 3.00. The number of methoxy groups -OCH3 is 2. The summed E-state index contributed by atoms with van der Waals surface area (Å²) in [5, 5.41) is 4.56. The van der Waals surface area contributed by atoms with Gasteiger partial charge in [0.1, 0.15) is 11.6 Å². The highest BCUT2D eigenvalue weighted by atomic mass is 16.5. The SMILES string of the molecule is COC(=O)c1ccccc1NC(=O)c1cnc(N2CCN(c3ccccc3OC)CC2)c2ccccc12. The number of anilines is 3. The molecule has 0 atom stereocenters. The Hall–Kier alpha value is -4.59. The Bertz CT molecular complexity index is 1450. The number of nitrogens with one attached hydrogen (secondary N) is 1. The van der Waals surface area contributed by atoms with E-state index in [4.69, 9.17) is 14.5 Å². The molecule has 1 N–H and O–H groups in total. The normalized spacial score (nSPS) is 13.4. The van der Waals surface area contributed by atoms with Gasteiger partial charge in [0.2, 0.25) is 0 Å². The van der Waals surface area contributed by atoms with Crippen molar-refractivity contribution >= 4 is 39.8 Å². The number of nitrogens with zero attached hydrogens (tertiary/aromatic N) is 3. The molecular weight excluding hydrogens is 468 g/mol. The van der Waals surface area contributed by atoms with Crippen LogP contribution in [0.1, 0.15) is 20.7 Å². The number of fused-ring (bicyclic) bond motifs is 1.